The van der Waals surface area contributed by atoms with Crippen molar-refractivity contribution in [3.05, 3.63) is 83.3 Å². The van der Waals surface area contributed by atoms with Gasteiger partial charge in [-0.1, -0.05) is 30.3 Å². The van der Waals surface area contributed by atoms with Gasteiger partial charge in [-0.15, -0.1) is 0 Å². The van der Waals surface area contributed by atoms with Crippen LogP contribution < -0.4 is 10.2 Å². The molecule has 0 saturated carbocycles. The summed E-state index contributed by atoms with van der Waals surface area (Å²) in [5, 5.41) is 2.99. The number of nitrogens with one attached hydrogen (secondary N) is 1. The van der Waals surface area contributed by atoms with Gasteiger partial charge in [-0.3, -0.25) is 4.79 Å². The summed E-state index contributed by atoms with van der Waals surface area (Å²) in [4.78, 5) is 15.5. The molecule has 0 radical (unpaired) electrons. The third kappa shape index (κ3) is 4.37. The number of fused-ring (bicyclic) bond motifs is 1. The van der Waals surface area contributed by atoms with Gasteiger partial charge in [-0.2, -0.15) is 0 Å². The molecule has 2 atom stereocenters. The van der Waals surface area contributed by atoms with Gasteiger partial charge in [0.2, 0.25) is 0 Å². The van der Waals surface area contributed by atoms with Crippen LogP contribution >= 0.6 is 0 Å². The molecule has 162 valence electrons. The van der Waals surface area contributed by atoms with Crippen molar-refractivity contribution in [2.75, 3.05) is 11.2 Å². The van der Waals surface area contributed by atoms with Gasteiger partial charge in [-0.25, -0.2) is 8.42 Å². The molecule has 0 spiro atoms. The van der Waals surface area contributed by atoms with Gasteiger partial charge in [-0.05, 0) is 55.7 Å². The average Bonchev–Trinajstić information content (AvgIpc) is 3.32. The number of rotatable bonds is 6. The number of para-hydroxylation sites is 1. The maximum absolute atomic E-state index is 13.0. The Balaban J connectivity index is 1.48. The molecule has 1 aromatic heterocycles. The lowest BCUT2D eigenvalue weighted by molar-refractivity contribution is 0.0937. The van der Waals surface area contributed by atoms with Gasteiger partial charge in [0, 0.05) is 18.0 Å². The van der Waals surface area contributed by atoms with Crippen LogP contribution in [0.4, 0.5) is 5.69 Å². The fraction of sp³-hybridized carbons (Fsp3) is 0.292. The Labute approximate surface area is 182 Å². The summed E-state index contributed by atoms with van der Waals surface area (Å²) < 4.78 is 29.0. The van der Waals surface area contributed by atoms with Crippen molar-refractivity contribution in [3.8, 4) is 0 Å². The zero-order valence-electron chi connectivity index (χ0n) is 17.8. The number of hydrogen-bond acceptors (Lipinski definition) is 5. The van der Waals surface area contributed by atoms with Crippen molar-refractivity contribution in [2.45, 2.75) is 43.8 Å². The molecular formula is C24H26N2O4S. The minimum absolute atomic E-state index is 0.219. The Morgan fingerprint density at radius 2 is 1.87 bits per heavy atom. The average molecular weight is 439 g/mol. The molecule has 31 heavy (non-hydrogen) atoms. The maximum atomic E-state index is 13.0. The summed E-state index contributed by atoms with van der Waals surface area (Å²) in [7, 11) is -3.25. The van der Waals surface area contributed by atoms with Gasteiger partial charge < -0.3 is 14.6 Å². The van der Waals surface area contributed by atoms with Crippen LogP contribution in [-0.2, 0) is 22.8 Å². The highest BCUT2D eigenvalue weighted by Gasteiger charge is 2.28. The molecule has 0 fully saturated rings. The van der Waals surface area contributed by atoms with Gasteiger partial charge in [0.05, 0.1) is 29.3 Å². The highest BCUT2D eigenvalue weighted by molar-refractivity contribution is 7.90. The monoisotopic (exact) mass is 438 g/mol. The van der Waals surface area contributed by atoms with Crippen molar-refractivity contribution in [2.24, 2.45) is 0 Å². The van der Waals surface area contributed by atoms with Gasteiger partial charge in [0.25, 0.3) is 5.91 Å². The van der Waals surface area contributed by atoms with Crippen LogP contribution in [0.2, 0.25) is 0 Å². The highest BCUT2D eigenvalue weighted by atomic mass is 32.2. The quantitative estimate of drug-likeness (QED) is 0.626. The van der Waals surface area contributed by atoms with E-state index in [9.17, 15) is 13.2 Å². The number of benzene rings is 2. The summed E-state index contributed by atoms with van der Waals surface area (Å²) >= 11 is 0. The van der Waals surface area contributed by atoms with Crippen molar-refractivity contribution in [1.82, 2.24) is 5.32 Å². The number of carbonyl (C=O) groups excluding carboxylic acids is 1. The normalized spacial score (nSPS) is 16.7. The Bertz CT molecular complexity index is 1200. The summed E-state index contributed by atoms with van der Waals surface area (Å²) in [6, 6.07) is 16.6. The molecule has 0 bridgehead atoms. The molecular weight excluding hydrogens is 412 g/mol. The lowest BCUT2D eigenvalue weighted by Crippen LogP contribution is -2.31. The standard InChI is InChI=1S/C24H26N2O4S/c1-16-14-19-6-4-5-7-22(19)26(16)15-23-21(12-13-30-23)24(27)25-17(2)18-8-10-20(11-9-18)31(3,28)29/h4-13,16-17H,14-15H2,1-3H3,(H,25,27). The second kappa shape index (κ2) is 8.23. The largest absolute Gasteiger partial charge is 0.467 e. The molecule has 2 heterocycles. The number of anilines is 1. The molecule has 2 unspecified atom stereocenters. The van der Waals surface area contributed by atoms with Crippen LogP contribution in [0.1, 0.15) is 47.1 Å². The molecule has 1 N–H and O–H groups in total. The minimum atomic E-state index is -3.25. The SMILES string of the molecule is CC(NC(=O)c1ccoc1CN1c2ccccc2CC1C)c1ccc(S(C)(=O)=O)cc1. The molecule has 1 aliphatic rings. The van der Waals surface area contributed by atoms with Crippen molar-refractivity contribution < 1.29 is 17.6 Å². The van der Waals surface area contributed by atoms with Crippen LogP contribution in [0.15, 0.2) is 70.2 Å². The zero-order chi connectivity index (χ0) is 22.2. The fourth-order valence-corrected chi connectivity index (χ4v) is 4.68. The van der Waals surface area contributed by atoms with E-state index in [0.29, 0.717) is 23.9 Å². The van der Waals surface area contributed by atoms with Crippen LogP contribution in [0.25, 0.3) is 0 Å². The molecule has 7 heteroatoms. The molecule has 3 aromatic rings. The maximum Gasteiger partial charge on any atom is 0.255 e. The first-order valence-corrected chi connectivity index (χ1v) is 12.1. The van der Waals surface area contributed by atoms with E-state index in [2.05, 4.69) is 29.3 Å². The third-order valence-corrected chi connectivity index (χ3v) is 6.94. The second-order valence-electron chi connectivity index (χ2n) is 8.10. The topological polar surface area (TPSA) is 79.6 Å². The summed E-state index contributed by atoms with van der Waals surface area (Å²) in [5.41, 5.74) is 3.82. The second-order valence-corrected chi connectivity index (χ2v) is 10.1. The predicted octanol–water partition coefficient (Wildman–Crippen LogP) is 4.13. The summed E-state index contributed by atoms with van der Waals surface area (Å²) in [6.07, 6.45) is 3.69. The molecule has 6 nitrogen and oxygen atoms in total. The molecule has 0 saturated heterocycles. The minimum Gasteiger partial charge on any atom is -0.467 e. The van der Waals surface area contributed by atoms with Crippen molar-refractivity contribution >= 4 is 21.4 Å². The van der Waals surface area contributed by atoms with E-state index in [4.69, 9.17) is 4.42 Å². The number of nitrogens with zero attached hydrogens (tertiary/aromatic N) is 1. The Morgan fingerprint density at radius 3 is 2.58 bits per heavy atom. The van der Waals surface area contributed by atoms with Gasteiger partial charge in [0.1, 0.15) is 5.76 Å². The molecule has 0 aliphatic carbocycles. The first-order chi connectivity index (χ1) is 14.7. The van der Waals surface area contributed by atoms with Crippen molar-refractivity contribution in [3.63, 3.8) is 0 Å². The van der Waals surface area contributed by atoms with E-state index >= 15 is 0 Å². The third-order valence-electron chi connectivity index (χ3n) is 5.81. The van der Waals surface area contributed by atoms with E-state index < -0.39 is 9.84 Å². The van der Waals surface area contributed by atoms with Crippen LogP contribution in [-0.4, -0.2) is 26.6 Å². The summed E-state index contributed by atoms with van der Waals surface area (Å²) in [5.74, 6) is 0.407. The fourth-order valence-electron chi connectivity index (χ4n) is 4.05. The van der Waals surface area contributed by atoms with E-state index in [1.807, 2.05) is 19.1 Å². The lowest BCUT2D eigenvalue weighted by Gasteiger charge is -2.24. The number of furan rings is 1. The van der Waals surface area contributed by atoms with E-state index in [0.717, 1.165) is 12.0 Å². The number of amides is 1. The number of hydrogen-bond donors (Lipinski definition) is 1. The summed E-state index contributed by atoms with van der Waals surface area (Å²) in [6.45, 7) is 4.56. The highest BCUT2D eigenvalue weighted by Crippen LogP contribution is 2.33. The van der Waals surface area contributed by atoms with E-state index in [1.165, 1.54) is 17.5 Å². The van der Waals surface area contributed by atoms with Crippen LogP contribution in [0.5, 0.6) is 0 Å². The number of sulfone groups is 1. The zero-order valence-corrected chi connectivity index (χ0v) is 18.6. The first kappa shape index (κ1) is 21.2. The van der Waals surface area contributed by atoms with Gasteiger partial charge in [0.15, 0.2) is 9.84 Å². The molecule has 2 aromatic carbocycles. The lowest BCUT2D eigenvalue weighted by atomic mass is 10.1. The Hall–Kier alpha value is -3.06. The number of carbonyl (C=O) groups is 1. The van der Waals surface area contributed by atoms with Crippen LogP contribution in [0, 0.1) is 0 Å². The smallest absolute Gasteiger partial charge is 0.255 e. The Kier molecular flexibility index (Phi) is 5.62. The van der Waals surface area contributed by atoms with E-state index in [-0.39, 0.29) is 16.8 Å². The first-order valence-electron chi connectivity index (χ1n) is 10.3. The van der Waals surface area contributed by atoms with E-state index in [1.54, 1.807) is 36.6 Å². The van der Waals surface area contributed by atoms with Gasteiger partial charge >= 0.3 is 0 Å². The molecule has 1 aliphatic heterocycles. The van der Waals surface area contributed by atoms with Crippen molar-refractivity contribution in [1.29, 1.82) is 0 Å². The predicted molar refractivity (Wildman–Crippen MR) is 120 cm³/mol. The molecule has 1 amide bonds. The van der Waals surface area contributed by atoms with Crippen LogP contribution in [0.3, 0.4) is 0 Å². The Morgan fingerprint density at radius 1 is 1.16 bits per heavy atom. The molecule has 4 rings (SSSR count).